The lowest BCUT2D eigenvalue weighted by atomic mass is 11.0. The Labute approximate surface area is 30.6 Å². The predicted molar refractivity (Wildman–Crippen MR) is 20.1 cm³/mol. The summed E-state index contributed by atoms with van der Waals surface area (Å²) in [5.74, 6) is 0. The second kappa shape index (κ2) is 3.88. The molecule has 5 heavy (non-hydrogen) atoms. The Morgan fingerprint density at radius 1 is 1.00 bits per heavy atom. The van der Waals surface area contributed by atoms with Crippen LogP contribution >= 0.6 is 0 Å². The van der Waals surface area contributed by atoms with E-state index in [1.165, 1.54) is 13.1 Å². The van der Waals surface area contributed by atoms with E-state index in [2.05, 4.69) is 5.32 Å². The second-order valence-electron chi connectivity index (χ2n) is 0.750. The van der Waals surface area contributed by atoms with E-state index >= 15 is 0 Å². The fourth-order valence-electron chi connectivity index (χ4n) is 0. The SMILES string of the molecule is C1CN1.O.O. The van der Waals surface area contributed by atoms with Crippen molar-refractivity contribution in [2.45, 2.75) is 0 Å². The van der Waals surface area contributed by atoms with Gasteiger partial charge in [-0.25, -0.2) is 0 Å². The third-order valence-electron chi connectivity index (χ3n) is 0.250. The van der Waals surface area contributed by atoms with E-state index in [9.17, 15) is 0 Å². The van der Waals surface area contributed by atoms with E-state index in [1.807, 2.05) is 0 Å². The van der Waals surface area contributed by atoms with Gasteiger partial charge in [-0.3, -0.25) is 0 Å². The van der Waals surface area contributed by atoms with Gasteiger partial charge in [-0.1, -0.05) is 0 Å². The molecule has 1 fully saturated rings. The first-order valence-corrected chi connectivity index (χ1v) is 1.21. The molecule has 0 aromatic carbocycles. The molecule has 0 aromatic rings. The zero-order valence-corrected chi connectivity index (χ0v) is 2.91. The van der Waals surface area contributed by atoms with E-state index < -0.39 is 0 Å². The molecule has 1 rings (SSSR count). The van der Waals surface area contributed by atoms with E-state index in [1.54, 1.807) is 0 Å². The molecule has 1 heterocycles. The summed E-state index contributed by atoms with van der Waals surface area (Å²) in [5, 5.41) is 3.00. The van der Waals surface area contributed by atoms with Gasteiger partial charge in [0.25, 0.3) is 0 Å². The fourth-order valence-corrected chi connectivity index (χ4v) is 0. The van der Waals surface area contributed by atoms with Crippen molar-refractivity contribution in [1.29, 1.82) is 0 Å². The Hall–Kier alpha value is -0.120. The van der Waals surface area contributed by atoms with Gasteiger partial charge in [0.1, 0.15) is 0 Å². The van der Waals surface area contributed by atoms with Crippen molar-refractivity contribution in [3.8, 4) is 0 Å². The van der Waals surface area contributed by atoms with E-state index in [0.717, 1.165) is 0 Å². The van der Waals surface area contributed by atoms with Crippen molar-refractivity contribution in [2.75, 3.05) is 13.1 Å². The molecule has 0 atom stereocenters. The molecule has 0 aromatic heterocycles. The third kappa shape index (κ3) is 17.7. The van der Waals surface area contributed by atoms with Crippen LogP contribution in [-0.4, -0.2) is 24.0 Å². The minimum atomic E-state index is 0. The first-order chi connectivity index (χ1) is 1.50. The summed E-state index contributed by atoms with van der Waals surface area (Å²) in [7, 11) is 0. The van der Waals surface area contributed by atoms with Crippen molar-refractivity contribution in [2.24, 2.45) is 0 Å². The molecule has 3 nitrogen and oxygen atoms in total. The first kappa shape index (κ1) is 8.86. The first-order valence-electron chi connectivity index (χ1n) is 1.21. The molecule has 0 saturated carbocycles. The highest BCUT2D eigenvalue weighted by Gasteiger charge is 1.91. The minimum absolute atomic E-state index is 0. The van der Waals surface area contributed by atoms with Crippen LogP contribution in [0.4, 0.5) is 0 Å². The van der Waals surface area contributed by atoms with Gasteiger partial charge in [0.2, 0.25) is 0 Å². The molecule has 1 aliphatic rings. The zero-order chi connectivity index (χ0) is 2.12. The number of nitrogens with one attached hydrogen (secondary N) is 1. The van der Waals surface area contributed by atoms with Gasteiger partial charge in [-0.05, 0) is 0 Å². The van der Waals surface area contributed by atoms with Crippen LogP contribution in [0.25, 0.3) is 0 Å². The Bertz CT molecular complexity index is 12.4. The van der Waals surface area contributed by atoms with Crippen LogP contribution in [0.15, 0.2) is 0 Å². The highest BCUT2D eigenvalue weighted by Crippen LogP contribution is 1.65. The highest BCUT2D eigenvalue weighted by atomic mass is 16.0. The van der Waals surface area contributed by atoms with Gasteiger partial charge < -0.3 is 16.3 Å². The van der Waals surface area contributed by atoms with Gasteiger partial charge in [-0.15, -0.1) is 0 Å². The van der Waals surface area contributed by atoms with Crippen molar-refractivity contribution >= 4 is 0 Å². The molecule has 1 saturated heterocycles. The molecule has 3 heteroatoms. The average Bonchev–Trinajstić information content (AvgIpc) is 1.46. The smallest absolute Gasteiger partial charge is 0.00772 e. The topological polar surface area (TPSA) is 84.9 Å². The third-order valence-corrected chi connectivity index (χ3v) is 0.250. The van der Waals surface area contributed by atoms with Gasteiger partial charge >= 0.3 is 0 Å². The van der Waals surface area contributed by atoms with Crippen molar-refractivity contribution in [3.63, 3.8) is 0 Å². The summed E-state index contributed by atoms with van der Waals surface area (Å²) in [6.07, 6.45) is 0. The Kier molecular flexibility index (Phi) is 6.87. The largest absolute Gasteiger partial charge is 0.412 e. The molecule has 0 radical (unpaired) electrons. The van der Waals surface area contributed by atoms with Crippen molar-refractivity contribution in [3.05, 3.63) is 0 Å². The van der Waals surface area contributed by atoms with Crippen LogP contribution in [0.5, 0.6) is 0 Å². The van der Waals surface area contributed by atoms with Crippen LogP contribution < -0.4 is 5.32 Å². The molecular weight excluding hydrogens is 70.0 g/mol. The normalized spacial score (nSPS) is 14.4. The van der Waals surface area contributed by atoms with Crippen LogP contribution in [0.1, 0.15) is 0 Å². The van der Waals surface area contributed by atoms with Gasteiger partial charge in [-0.2, -0.15) is 0 Å². The standard InChI is InChI=1S/C2H5N.2H2O/c1-2-3-1;;/h3H,1-2H2;2*1H2. The maximum Gasteiger partial charge on any atom is 0.00772 e. The molecular formula is C2H9NO2. The molecule has 34 valence electrons. The number of hydrogen-bond donors (Lipinski definition) is 1. The van der Waals surface area contributed by atoms with Gasteiger partial charge in [0.15, 0.2) is 0 Å². The maximum atomic E-state index is 3.00. The molecule has 1 aliphatic heterocycles. The second-order valence-corrected chi connectivity index (χ2v) is 0.750. The highest BCUT2D eigenvalue weighted by molar-refractivity contribution is 4.58. The van der Waals surface area contributed by atoms with Crippen LogP contribution in [0, 0.1) is 0 Å². The summed E-state index contributed by atoms with van der Waals surface area (Å²) >= 11 is 0. The lowest BCUT2D eigenvalue weighted by molar-refractivity contribution is 0.823. The molecule has 0 unspecified atom stereocenters. The van der Waals surface area contributed by atoms with Crippen LogP contribution in [-0.2, 0) is 0 Å². The van der Waals surface area contributed by atoms with Gasteiger partial charge in [0.05, 0.1) is 0 Å². The Balaban J connectivity index is 0. The van der Waals surface area contributed by atoms with Crippen LogP contribution in [0.2, 0.25) is 0 Å². The summed E-state index contributed by atoms with van der Waals surface area (Å²) in [6, 6.07) is 0. The summed E-state index contributed by atoms with van der Waals surface area (Å²) in [4.78, 5) is 0. The zero-order valence-electron chi connectivity index (χ0n) is 2.91. The van der Waals surface area contributed by atoms with Crippen molar-refractivity contribution < 1.29 is 11.0 Å². The molecule has 0 amide bonds. The summed E-state index contributed by atoms with van der Waals surface area (Å²) < 4.78 is 0. The lowest BCUT2D eigenvalue weighted by Gasteiger charge is -1.21. The Morgan fingerprint density at radius 3 is 1.20 bits per heavy atom. The molecule has 0 aliphatic carbocycles. The van der Waals surface area contributed by atoms with Crippen molar-refractivity contribution in [1.82, 2.24) is 5.32 Å². The minimum Gasteiger partial charge on any atom is -0.412 e. The van der Waals surface area contributed by atoms with Crippen LogP contribution in [0.3, 0.4) is 0 Å². The summed E-state index contributed by atoms with van der Waals surface area (Å²) in [5.41, 5.74) is 0. The summed E-state index contributed by atoms with van der Waals surface area (Å²) in [6.45, 7) is 2.50. The monoisotopic (exact) mass is 79.1 g/mol. The average molecular weight is 79.1 g/mol. The maximum absolute atomic E-state index is 3.00. The molecule has 0 spiro atoms. The number of hydrogen-bond acceptors (Lipinski definition) is 1. The molecule has 5 N–H and O–H groups in total. The quantitative estimate of drug-likeness (QED) is 0.332. The van der Waals surface area contributed by atoms with E-state index in [-0.39, 0.29) is 11.0 Å². The van der Waals surface area contributed by atoms with E-state index in [0.29, 0.717) is 0 Å². The van der Waals surface area contributed by atoms with E-state index in [4.69, 9.17) is 0 Å². The Morgan fingerprint density at radius 2 is 1.20 bits per heavy atom. The predicted octanol–water partition coefficient (Wildman–Crippen LogP) is -2.06. The van der Waals surface area contributed by atoms with Gasteiger partial charge in [0, 0.05) is 13.1 Å². The molecule has 0 bridgehead atoms. The lowest BCUT2D eigenvalue weighted by Crippen LogP contribution is -1.56. The fraction of sp³-hybridized carbons (Fsp3) is 1.00. The number of rotatable bonds is 0.